The van der Waals surface area contributed by atoms with Crippen molar-refractivity contribution in [1.82, 2.24) is 4.00 Å². The molecule has 0 heterocycles. The second kappa shape index (κ2) is 7.10. The Morgan fingerprint density at radius 3 is 1.32 bits per heavy atom. The average Bonchev–Trinajstić information content (AvgIpc) is 2.05. The molecule has 134 valence electrons. The van der Waals surface area contributed by atoms with E-state index in [9.17, 15) is 0 Å². The van der Waals surface area contributed by atoms with E-state index >= 15 is 0 Å². The van der Waals surface area contributed by atoms with Crippen molar-refractivity contribution in [3.8, 4) is 0 Å². The maximum absolute atomic E-state index is 6.41. The molecule has 0 aromatic carbocycles. The van der Waals surface area contributed by atoms with Crippen LogP contribution in [0.5, 0.6) is 0 Å². The first-order chi connectivity index (χ1) is 9.34. The molecule has 3 nitrogen and oxygen atoms in total. The standard InChI is InChI=1S/C14H41N2OPSi4/c1-17-18(14-19(2,3)4,15-20(5,6)7)16(21(8,9)10)22(11,12)13/h14H2,1-13H3. The van der Waals surface area contributed by atoms with Gasteiger partial charge in [-0.25, -0.2) is 0 Å². The maximum atomic E-state index is 6.41. The van der Waals surface area contributed by atoms with Crippen LogP contribution in [0, 0.1) is 0 Å². The Bertz CT molecular complexity index is 414. The van der Waals surface area contributed by atoms with Gasteiger partial charge in [0.2, 0.25) is 0 Å². The quantitative estimate of drug-likeness (QED) is 0.370. The van der Waals surface area contributed by atoms with Crippen LogP contribution in [0.2, 0.25) is 78.6 Å². The molecule has 22 heavy (non-hydrogen) atoms. The van der Waals surface area contributed by atoms with Gasteiger partial charge in [0.25, 0.3) is 0 Å². The lowest BCUT2D eigenvalue weighted by Crippen LogP contribution is -2.58. The van der Waals surface area contributed by atoms with Crippen LogP contribution in [0.3, 0.4) is 0 Å². The highest BCUT2D eigenvalue weighted by Gasteiger charge is 2.47. The molecule has 0 radical (unpaired) electrons. The van der Waals surface area contributed by atoms with Gasteiger partial charge >= 0.3 is 0 Å². The average molecular weight is 397 g/mol. The van der Waals surface area contributed by atoms with E-state index in [0.717, 1.165) is 0 Å². The van der Waals surface area contributed by atoms with Gasteiger partial charge in [0, 0.05) is 12.9 Å². The third kappa shape index (κ3) is 7.28. The fourth-order valence-corrected chi connectivity index (χ4v) is 33.0. The van der Waals surface area contributed by atoms with Gasteiger partial charge in [-0.2, -0.15) is 0 Å². The van der Waals surface area contributed by atoms with Crippen molar-refractivity contribution in [2.45, 2.75) is 78.6 Å². The van der Waals surface area contributed by atoms with Gasteiger partial charge in [-0.15, -0.1) is 0 Å². The minimum absolute atomic E-state index is 1.20. The molecule has 0 aliphatic rings. The molecule has 0 N–H and O–H groups in total. The summed E-state index contributed by atoms with van der Waals surface area (Å²) in [6.45, 7) is 29.3. The van der Waals surface area contributed by atoms with E-state index in [1.54, 1.807) is 0 Å². The molecule has 0 aromatic rings. The molecule has 0 amide bonds. The Labute approximate surface area is 144 Å². The van der Waals surface area contributed by atoms with Gasteiger partial charge in [-0.05, 0) is 19.6 Å². The van der Waals surface area contributed by atoms with Gasteiger partial charge < -0.3 is 8.93 Å². The van der Waals surface area contributed by atoms with E-state index in [1.807, 2.05) is 7.11 Å². The first-order valence-electron chi connectivity index (χ1n) is 8.33. The van der Waals surface area contributed by atoms with Crippen molar-refractivity contribution < 1.29 is 4.52 Å². The van der Waals surface area contributed by atoms with Crippen LogP contribution in [0.4, 0.5) is 0 Å². The van der Waals surface area contributed by atoms with Crippen molar-refractivity contribution in [3.63, 3.8) is 0 Å². The van der Waals surface area contributed by atoms with Gasteiger partial charge in [0.15, 0.2) is 8.24 Å². The molecule has 0 aliphatic heterocycles. The van der Waals surface area contributed by atoms with Crippen molar-refractivity contribution in [1.29, 1.82) is 0 Å². The second-order valence-corrected chi connectivity index (χ2v) is 34.9. The summed E-state index contributed by atoms with van der Waals surface area (Å²) in [6.07, 6.45) is 0. The molecular weight excluding hydrogens is 355 g/mol. The molecule has 0 aliphatic carbocycles. The Hall–Kier alpha value is 1.02. The van der Waals surface area contributed by atoms with Crippen LogP contribution in [-0.2, 0) is 4.52 Å². The van der Waals surface area contributed by atoms with E-state index < -0.39 is 40.2 Å². The van der Waals surface area contributed by atoms with Crippen LogP contribution in [0.1, 0.15) is 0 Å². The lowest BCUT2D eigenvalue weighted by atomic mass is 11.7. The maximum Gasteiger partial charge on any atom is 0.174 e. The molecule has 0 saturated heterocycles. The highest BCUT2D eigenvalue weighted by Crippen LogP contribution is 2.60. The smallest absolute Gasteiger partial charge is 0.174 e. The molecular formula is C14H41N2OPSi4. The fraction of sp³-hybridized carbons (Fsp3) is 1.00. The van der Waals surface area contributed by atoms with E-state index in [1.165, 1.54) is 5.79 Å². The predicted octanol–water partition coefficient (Wildman–Crippen LogP) is 6.35. The zero-order valence-corrected chi connectivity index (χ0v) is 22.4. The Morgan fingerprint density at radius 2 is 1.14 bits per heavy atom. The molecule has 0 saturated carbocycles. The summed E-state index contributed by atoms with van der Waals surface area (Å²) in [5.74, 6) is 1.20. The van der Waals surface area contributed by atoms with Crippen molar-refractivity contribution in [3.05, 3.63) is 0 Å². The predicted molar refractivity (Wildman–Crippen MR) is 116 cm³/mol. The molecule has 8 heteroatoms. The number of hydrogen-bond acceptors (Lipinski definition) is 2. The lowest BCUT2D eigenvalue weighted by molar-refractivity contribution is 0.437. The van der Waals surface area contributed by atoms with Gasteiger partial charge in [0.1, 0.15) is 23.9 Å². The largest absolute Gasteiger partial charge is 0.337 e. The Balaban J connectivity index is 6.55. The van der Waals surface area contributed by atoms with Crippen molar-refractivity contribution >= 4 is 40.2 Å². The molecule has 0 spiro atoms. The number of rotatable bonds is 7. The van der Waals surface area contributed by atoms with E-state index in [-0.39, 0.29) is 0 Å². The molecule has 0 fully saturated rings. The van der Waals surface area contributed by atoms with Crippen LogP contribution in [-0.4, -0.2) is 49.7 Å². The van der Waals surface area contributed by atoms with Gasteiger partial charge in [-0.1, -0.05) is 58.9 Å². The topological polar surface area (TPSA) is 24.8 Å². The fourth-order valence-electron chi connectivity index (χ4n) is 3.37. The molecule has 1 atom stereocenters. The van der Waals surface area contributed by atoms with E-state index in [2.05, 4.69) is 82.6 Å². The first-order valence-corrected chi connectivity index (χ1v) is 24.2. The summed E-state index contributed by atoms with van der Waals surface area (Å²) in [4.78, 5) is 0. The summed E-state index contributed by atoms with van der Waals surface area (Å²) in [5.41, 5.74) is 0. The summed E-state index contributed by atoms with van der Waals surface area (Å²) in [7, 11) is -5.79. The monoisotopic (exact) mass is 396 g/mol. The highest BCUT2D eigenvalue weighted by molar-refractivity contribution is 7.67. The second-order valence-electron chi connectivity index (χ2n) is 10.5. The van der Waals surface area contributed by atoms with Crippen LogP contribution >= 0.6 is 7.43 Å². The van der Waals surface area contributed by atoms with Crippen LogP contribution < -0.4 is 0 Å². The minimum Gasteiger partial charge on any atom is -0.337 e. The summed E-state index contributed by atoms with van der Waals surface area (Å²) in [5, 5.41) is 0. The molecule has 1 unspecified atom stereocenters. The lowest BCUT2D eigenvalue weighted by Gasteiger charge is -2.52. The summed E-state index contributed by atoms with van der Waals surface area (Å²) < 4.78 is 14.8. The summed E-state index contributed by atoms with van der Waals surface area (Å²) >= 11 is 0. The van der Waals surface area contributed by atoms with E-state index in [4.69, 9.17) is 8.93 Å². The SMILES string of the molecule is COP(C[Si](C)(C)C)(=N[Si](C)(C)C)N([Si](C)(C)C)[Si](C)(C)C. The zero-order chi connectivity index (χ0) is 18.2. The van der Waals surface area contributed by atoms with Crippen LogP contribution in [0.15, 0.2) is 4.41 Å². The molecule has 0 aromatic heterocycles. The normalized spacial score (nSPS) is 17.5. The number of nitrogens with zero attached hydrogens (tertiary/aromatic N) is 2. The Morgan fingerprint density at radius 1 is 0.773 bits per heavy atom. The van der Waals surface area contributed by atoms with Crippen LogP contribution in [0.25, 0.3) is 0 Å². The molecule has 0 bridgehead atoms. The summed E-state index contributed by atoms with van der Waals surface area (Å²) in [6, 6.07) is 0. The third-order valence-corrected chi connectivity index (χ3v) is 25.4. The number of hydrogen-bond donors (Lipinski definition) is 0. The zero-order valence-electron chi connectivity index (χ0n) is 17.5. The van der Waals surface area contributed by atoms with Crippen molar-refractivity contribution in [2.75, 3.05) is 12.9 Å². The third-order valence-electron chi connectivity index (χ3n) is 3.01. The Kier molecular flexibility index (Phi) is 7.43. The molecule has 0 rings (SSSR count). The van der Waals surface area contributed by atoms with E-state index in [0.29, 0.717) is 0 Å². The van der Waals surface area contributed by atoms with Crippen molar-refractivity contribution in [2.24, 2.45) is 4.41 Å². The van der Waals surface area contributed by atoms with Gasteiger partial charge in [-0.3, -0.25) is 4.00 Å². The first kappa shape index (κ1) is 23.0. The van der Waals surface area contributed by atoms with Gasteiger partial charge in [0.05, 0.1) is 8.07 Å². The minimum atomic E-state index is -1.87. The highest BCUT2D eigenvalue weighted by atomic mass is 31.2.